The summed E-state index contributed by atoms with van der Waals surface area (Å²) >= 11 is 0. The van der Waals surface area contributed by atoms with E-state index in [2.05, 4.69) is 37.4 Å². The summed E-state index contributed by atoms with van der Waals surface area (Å²) in [5.41, 5.74) is 1.74. The smallest absolute Gasteiger partial charge is 0.246 e. The van der Waals surface area contributed by atoms with Crippen molar-refractivity contribution in [3.05, 3.63) is 55.6 Å². The Morgan fingerprint density at radius 3 is 2.93 bits per heavy atom. The van der Waals surface area contributed by atoms with Crippen LogP contribution in [0.1, 0.15) is 12.8 Å². The average molecular weight is 391 g/mol. The van der Waals surface area contributed by atoms with Gasteiger partial charge in [-0.2, -0.15) is 10.1 Å². The fourth-order valence-electron chi connectivity index (χ4n) is 3.24. The number of likely N-dealkylation sites (tertiary alicyclic amines) is 1. The number of rotatable bonds is 6. The lowest BCUT2D eigenvalue weighted by Crippen LogP contribution is -2.44. The number of nitrogens with one attached hydrogen (secondary N) is 2. The number of hydrogen-bond donors (Lipinski definition) is 2. The van der Waals surface area contributed by atoms with Crippen molar-refractivity contribution in [1.29, 1.82) is 0 Å². The predicted octanol–water partition coefficient (Wildman–Crippen LogP) is 2.86. The highest BCUT2D eigenvalue weighted by Gasteiger charge is 2.22. The Morgan fingerprint density at radius 2 is 2.17 bits per heavy atom. The Kier molecular flexibility index (Phi) is 5.46. The fourth-order valence-corrected chi connectivity index (χ4v) is 3.24. The van der Waals surface area contributed by atoms with Crippen molar-refractivity contribution in [2.24, 2.45) is 0 Å². The molecule has 1 aliphatic heterocycles. The van der Waals surface area contributed by atoms with E-state index >= 15 is 0 Å². The number of oxazole rings is 1. The summed E-state index contributed by atoms with van der Waals surface area (Å²) in [7, 11) is 0. The number of carbonyl (C=O) groups excluding carboxylic acids is 1. The standard InChI is InChI=1S/C20H21N7O2/c1-2-18(28)27-10-3-4-16(13-27)24-20-25-17(12-22-26-20)23-15-7-5-14(6-8-15)19-21-9-11-29-19/h2,5-9,11-12,16H,1,3-4,10,13H2,(H2,23,24,25,26)/t16-/m1/s1. The van der Waals surface area contributed by atoms with Crippen LogP contribution in [-0.4, -0.2) is 50.1 Å². The van der Waals surface area contributed by atoms with Crippen LogP contribution in [-0.2, 0) is 4.79 Å². The first-order valence-electron chi connectivity index (χ1n) is 9.36. The van der Waals surface area contributed by atoms with E-state index in [9.17, 15) is 4.79 Å². The molecular formula is C20H21N7O2. The SMILES string of the molecule is C=CC(=O)N1CCC[C@@H](Nc2nncc(Nc3ccc(-c4ncco4)cc3)n2)C1. The summed E-state index contributed by atoms with van der Waals surface area (Å²) in [5, 5.41) is 14.5. The number of benzene rings is 1. The van der Waals surface area contributed by atoms with Crippen LogP contribution in [0.4, 0.5) is 17.5 Å². The molecule has 0 unspecified atom stereocenters. The molecule has 0 radical (unpaired) electrons. The zero-order valence-electron chi connectivity index (χ0n) is 15.8. The van der Waals surface area contributed by atoms with Crippen LogP contribution >= 0.6 is 0 Å². The van der Waals surface area contributed by atoms with Crippen LogP contribution in [0.15, 0.2) is 60.0 Å². The molecule has 9 heteroatoms. The molecule has 29 heavy (non-hydrogen) atoms. The van der Waals surface area contributed by atoms with E-state index in [1.807, 2.05) is 24.3 Å². The van der Waals surface area contributed by atoms with Gasteiger partial charge in [-0.25, -0.2) is 4.98 Å². The van der Waals surface area contributed by atoms with Crippen molar-refractivity contribution in [1.82, 2.24) is 25.1 Å². The maximum atomic E-state index is 11.8. The van der Waals surface area contributed by atoms with Gasteiger partial charge in [-0.05, 0) is 43.2 Å². The number of aromatic nitrogens is 4. The van der Waals surface area contributed by atoms with Gasteiger partial charge in [0.05, 0.1) is 12.4 Å². The number of nitrogens with zero attached hydrogens (tertiary/aromatic N) is 5. The first kappa shape index (κ1) is 18.6. The van der Waals surface area contributed by atoms with Crippen LogP contribution in [0, 0.1) is 0 Å². The van der Waals surface area contributed by atoms with Crippen LogP contribution in [0.25, 0.3) is 11.5 Å². The second kappa shape index (κ2) is 8.51. The molecule has 0 bridgehead atoms. The molecule has 0 saturated carbocycles. The highest BCUT2D eigenvalue weighted by molar-refractivity contribution is 5.87. The van der Waals surface area contributed by atoms with Gasteiger partial charge in [0.25, 0.3) is 0 Å². The summed E-state index contributed by atoms with van der Waals surface area (Å²) in [6.07, 6.45) is 7.91. The van der Waals surface area contributed by atoms with E-state index in [4.69, 9.17) is 4.42 Å². The van der Waals surface area contributed by atoms with Crippen molar-refractivity contribution in [3.8, 4) is 11.5 Å². The van der Waals surface area contributed by atoms with Gasteiger partial charge in [0.2, 0.25) is 17.7 Å². The van der Waals surface area contributed by atoms with E-state index in [1.54, 1.807) is 23.6 Å². The lowest BCUT2D eigenvalue weighted by atomic mass is 10.1. The Bertz CT molecular complexity index is 973. The maximum absolute atomic E-state index is 11.8. The molecule has 1 aromatic carbocycles. The average Bonchev–Trinajstić information content (AvgIpc) is 3.29. The molecule has 0 spiro atoms. The van der Waals surface area contributed by atoms with Gasteiger partial charge in [-0.1, -0.05) is 6.58 Å². The highest BCUT2D eigenvalue weighted by atomic mass is 16.3. The molecule has 3 aromatic rings. The van der Waals surface area contributed by atoms with Gasteiger partial charge in [-0.3, -0.25) is 4.79 Å². The molecule has 148 valence electrons. The van der Waals surface area contributed by atoms with Gasteiger partial charge in [-0.15, -0.1) is 5.10 Å². The fraction of sp³-hybridized carbons (Fsp3) is 0.250. The molecule has 1 amide bonds. The van der Waals surface area contributed by atoms with Crippen molar-refractivity contribution in [3.63, 3.8) is 0 Å². The van der Waals surface area contributed by atoms with Gasteiger partial charge in [0.15, 0.2) is 5.82 Å². The first-order valence-corrected chi connectivity index (χ1v) is 9.36. The molecule has 1 aliphatic rings. The second-order valence-electron chi connectivity index (χ2n) is 6.68. The van der Waals surface area contributed by atoms with E-state index in [1.165, 1.54) is 6.08 Å². The van der Waals surface area contributed by atoms with E-state index in [0.29, 0.717) is 24.2 Å². The third-order valence-corrected chi connectivity index (χ3v) is 4.64. The molecule has 1 saturated heterocycles. The zero-order chi connectivity index (χ0) is 20.1. The highest BCUT2D eigenvalue weighted by Crippen LogP contribution is 2.22. The number of amides is 1. The van der Waals surface area contributed by atoms with Crippen molar-refractivity contribution in [2.75, 3.05) is 23.7 Å². The summed E-state index contributed by atoms with van der Waals surface area (Å²) in [6, 6.07) is 7.72. The summed E-state index contributed by atoms with van der Waals surface area (Å²) in [4.78, 5) is 22.2. The van der Waals surface area contributed by atoms with Gasteiger partial charge >= 0.3 is 0 Å². The molecule has 4 rings (SSSR count). The Balaban J connectivity index is 1.40. The summed E-state index contributed by atoms with van der Waals surface area (Å²) < 4.78 is 5.29. The monoisotopic (exact) mass is 391 g/mol. The van der Waals surface area contributed by atoms with E-state index in [0.717, 1.165) is 30.6 Å². The topological polar surface area (TPSA) is 109 Å². The first-order chi connectivity index (χ1) is 14.2. The van der Waals surface area contributed by atoms with E-state index in [-0.39, 0.29) is 11.9 Å². The molecular weight excluding hydrogens is 370 g/mol. The van der Waals surface area contributed by atoms with Crippen LogP contribution < -0.4 is 10.6 Å². The quantitative estimate of drug-likeness (QED) is 0.618. The minimum absolute atomic E-state index is 0.0563. The minimum atomic E-state index is -0.0563. The Morgan fingerprint density at radius 1 is 1.31 bits per heavy atom. The van der Waals surface area contributed by atoms with Gasteiger partial charge < -0.3 is 20.0 Å². The molecule has 3 heterocycles. The molecule has 0 aliphatic carbocycles. The summed E-state index contributed by atoms with van der Waals surface area (Å²) in [6.45, 7) is 4.89. The third kappa shape index (κ3) is 4.57. The number of piperidine rings is 1. The number of carbonyl (C=O) groups is 1. The van der Waals surface area contributed by atoms with Crippen LogP contribution in [0.3, 0.4) is 0 Å². The predicted molar refractivity (Wildman–Crippen MR) is 108 cm³/mol. The van der Waals surface area contributed by atoms with E-state index < -0.39 is 0 Å². The molecule has 9 nitrogen and oxygen atoms in total. The summed E-state index contributed by atoms with van der Waals surface area (Å²) in [5.74, 6) is 1.51. The normalized spacial score (nSPS) is 16.3. The Hall–Kier alpha value is -3.75. The van der Waals surface area contributed by atoms with Crippen molar-refractivity contribution in [2.45, 2.75) is 18.9 Å². The van der Waals surface area contributed by atoms with Crippen LogP contribution in [0.2, 0.25) is 0 Å². The third-order valence-electron chi connectivity index (χ3n) is 4.64. The van der Waals surface area contributed by atoms with Crippen LogP contribution in [0.5, 0.6) is 0 Å². The van der Waals surface area contributed by atoms with Crippen molar-refractivity contribution < 1.29 is 9.21 Å². The molecule has 2 N–H and O–H groups in total. The molecule has 1 fully saturated rings. The number of hydrogen-bond acceptors (Lipinski definition) is 8. The second-order valence-corrected chi connectivity index (χ2v) is 6.68. The molecule has 2 aromatic heterocycles. The lowest BCUT2D eigenvalue weighted by Gasteiger charge is -2.32. The van der Waals surface area contributed by atoms with Gasteiger partial charge in [0.1, 0.15) is 6.26 Å². The largest absolute Gasteiger partial charge is 0.445 e. The molecule has 1 atom stereocenters. The maximum Gasteiger partial charge on any atom is 0.246 e. The number of anilines is 3. The zero-order valence-corrected chi connectivity index (χ0v) is 15.8. The Labute approximate surface area is 167 Å². The van der Waals surface area contributed by atoms with Gasteiger partial charge in [0, 0.05) is 30.4 Å². The lowest BCUT2D eigenvalue weighted by molar-refractivity contribution is -0.127. The van der Waals surface area contributed by atoms with Crippen molar-refractivity contribution >= 4 is 23.4 Å². The minimum Gasteiger partial charge on any atom is -0.445 e.